The molecule has 0 heterocycles. The molecule has 0 radical (unpaired) electrons. The summed E-state index contributed by atoms with van der Waals surface area (Å²) in [5.74, 6) is 0. The Kier molecular flexibility index (Phi) is 6.93. The van der Waals surface area contributed by atoms with Crippen LogP contribution in [-0.4, -0.2) is 19.5 Å². The van der Waals surface area contributed by atoms with Crippen LogP contribution in [0.1, 0.15) is 17.2 Å². The van der Waals surface area contributed by atoms with Crippen molar-refractivity contribution in [2.24, 2.45) is 4.99 Å². The van der Waals surface area contributed by atoms with E-state index in [1.807, 2.05) is 25.1 Å². The molecule has 0 amide bonds. The summed E-state index contributed by atoms with van der Waals surface area (Å²) in [6.45, 7) is 10.2. The maximum Gasteiger partial charge on any atom is 0.103 e. The minimum atomic E-state index is -0.113. The Balaban J connectivity index is 2.82. The van der Waals surface area contributed by atoms with Crippen molar-refractivity contribution in [1.29, 1.82) is 0 Å². The fourth-order valence-corrected chi connectivity index (χ4v) is 1.91. The van der Waals surface area contributed by atoms with E-state index in [9.17, 15) is 0 Å². The summed E-state index contributed by atoms with van der Waals surface area (Å²) in [6.07, 6.45) is 4.78. The molecular weight excluding hydrogens is 260 g/mol. The monoisotopic (exact) mass is 278 g/mol. The molecular formula is C15H19ClN2O. The molecule has 0 aliphatic rings. The highest BCUT2D eigenvalue weighted by atomic mass is 35.5. The second-order valence-electron chi connectivity index (χ2n) is 3.98. The topological polar surface area (TPSA) is 33.6 Å². The molecule has 3 nitrogen and oxygen atoms in total. The van der Waals surface area contributed by atoms with Crippen LogP contribution in [0.5, 0.6) is 0 Å². The van der Waals surface area contributed by atoms with Crippen molar-refractivity contribution in [2.45, 2.75) is 13.0 Å². The summed E-state index contributed by atoms with van der Waals surface area (Å²) >= 11 is 5.96. The van der Waals surface area contributed by atoms with Crippen LogP contribution in [0.15, 0.2) is 48.6 Å². The quantitative estimate of drug-likeness (QED) is 0.447. The molecule has 0 aliphatic heterocycles. The highest BCUT2D eigenvalue weighted by Gasteiger charge is 2.13. The molecule has 1 aromatic rings. The molecule has 1 N–H and O–H groups in total. The molecule has 1 atom stereocenters. The second-order valence-corrected chi connectivity index (χ2v) is 4.41. The third kappa shape index (κ3) is 5.28. The SMILES string of the molecule is C=CCOC(CN=CNC=C)c1ccc(Cl)cc1C. The third-order valence-electron chi connectivity index (χ3n) is 2.55. The fourth-order valence-electron chi connectivity index (χ4n) is 1.68. The van der Waals surface area contributed by atoms with Crippen molar-refractivity contribution in [2.75, 3.05) is 13.2 Å². The van der Waals surface area contributed by atoms with Crippen LogP contribution < -0.4 is 5.32 Å². The first kappa shape index (κ1) is 15.5. The standard InChI is InChI=1S/C15H19ClN2O/c1-4-8-19-15(10-18-11-17-5-2)14-7-6-13(16)9-12(14)3/h4-7,9,11,15H,1-2,8,10H2,3H3,(H,17,18). The Labute approximate surface area is 119 Å². The summed E-state index contributed by atoms with van der Waals surface area (Å²) in [5, 5.41) is 3.53. The van der Waals surface area contributed by atoms with Gasteiger partial charge in [0, 0.05) is 5.02 Å². The number of aliphatic imine (C=N–C) groups is 1. The first-order valence-corrected chi connectivity index (χ1v) is 6.40. The van der Waals surface area contributed by atoms with E-state index in [0.29, 0.717) is 13.2 Å². The predicted molar refractivity (Wildman–Crippen MR) is 81.8 cm³/mol. The minimum absolute atomic E-state index is 0.113. The highest BCUT2D eigenvalue weighted by Crippen LogP contribution is 2.24. The van der Waals surface area contributed by atoms with Crippen LogP contribution in [0.2, 0.25) is 5.02 Å². The minimum Gasteiger partial charge on any atom is -0.368 e. The smallest absolute Gasteiger partial charge is 0.103 e. The van der Waals surface area contributed by atoms with E-state index in [1.54, 1.807) is 18.6 Å². The summed E-state index contributed by atoms with van der Waals surface area (Å²) < 4.78 is 5.75. The van der Waals surface area contributed by atoms with E-state index in [2.05, 4.69) is 23.5 Å². The molecule has 102 valence electrons. The van der Waals surface area contributed by atoms with Gasteiger partial charge in [-0.15, -0.1) is 6.58 Å². The van der Waals surface area contributed by atoms with Gasteiger partial charge in [0.05, 0.1) is 19.5 Å². The molecule has 4 heteroatoms. The molecule has 0 aliphatic carbocycles. The molecule has 1 aromatic carbocycles. The average molecular weight is 279 g/mol. The molecule has 0 saturated heterocycles. The summed E-state index contributed by atoms with van der Waals surface area (Å²) in [4.78, 5) is 4.25. The zero-order chi connectivity index (χ0) is 14.1. The van der Waals surface area contributed by atoms with Crippen molar-refractivity contribution < 1.29 is 4.74 Å². The van der Waals surface area contributed by atoms with E-state index in [0.717, 1.165) is 16.1 Å². The van der Waals surface area contributed by atoms with Gasteiger partial charge in [-0.3, -0.25) is 4.99 Å². The molecule has 1 unspecified atom stereocenters. The molecule has 0 aromatic heterocycles. The van der Waals surface area contributed by atoms with Crippen molar-refractivity contribution in [3.8, 4) is 0 Å². The summed E-state index contributed by atoms with van der Waals surface area (Å²) in [7, 11) is 0. The highest BCUT2D eigenvalue weighted by molar-refractivity contribution is 6.30. The number of halogens is 1. The van der Waals surface area contributed by atoms with Gasteiger partial charge in [-0.05, 0) is 36.4 Å². The van der Waals surface area contributed by atoms with E-state index in [1.165, 1.54) is 0 Å². The number of aryl methyl sites for hydroxylation is 1. The Morgan fingerprint density at radius 2 is 2.26 bits per heavy atom. The van der Waals surface area contributed by atoms with E-state index in [-0.39, 0.29) is 6.10 Å². The van der Waals surface area contributed by atoms with E-state index < -0.39 is 0 Å². The van der Waals surface area contributed by atoms with Crippen LogP contribution in [0.4, 0.5) is 0 Å². The number of nitrogens with one attached hydrogen (secondary N) is 1. The molecule has 19 heavy (non-hydrogen) atoms. The first-order chi connectivity index (χ1) is 9.19. The van der Waals surface area contributed by atoms with Crippen LogP contribution in [0.3, 0.4) is 0 Å². The zero-order valence-electron chi connectivity index (χ0n) is 11.1. The lowest BCUT2D eigenvalue weighted by Crippen LogP contribution is -2.11. The molecule has 1 rings (SSSR count). The van der Waals surface area contributed by atoms with Gasteiger partial charge in [0.25, 0.3) is 0 Å². The molecule has 0 spiro atoms. The summed E-state index contributed by atoms with van der Waals surface area (Å²) in [6, 6.07) is 5.76. The van der Waals surface area contributed by atoms with Gasteiger partial charge in [0.1, 0.15) is 6.10 Å². The van der Waals surface area contributed by atoms with Gasteiger partial charge in [-0.2, -0.15) is 0 Å². The van der Waals surface area contributed by atoms with Crippen LogP contribution in [0.25, 0.3) is 0 Å². The van der Waals surface area contributed by atoms with Gasteiger partial charge >= 0.3 is 0 Å². The van der Waals surface area contributed by atoms with Gasteiger partial charge in [0.2, 0.25) is 0 Å². The van der Waals surface area contributed by atoms with Crippen molar-refractivity contribution in [3.63, 3.8) is 0 Å². The number of rotatable bonds is 8. The Morgan fingerprint density at radius 3 is 2.89 bits per heavy atom. The molecule has 0 bridgehead atoms. The number of ether oxygens (including phenoxy) is 1. The lowest BCUT2D eigenvalue weighted by atomic mass is 10.0. The van der Waals surface area contributed by atoms with Gasteiger partial charge in [-0.1, -0.05) is 30.3 Å². The van der Waals surface area contributed by atoms with E-state index >= 15 is 0 Å². The maximum absolute atomic E-state index is 5.96. The lowest BCUT2D eigenvalue weighted by molar-refractivity contribution is 0.0808. The van der Waals surface area contributed by atoms with Crippen molar-refractivity contribution in [3.05, 3.63) is 59.8 Å². The number of hydrogen-bond donors (Lipinski definition) is 1. The fraction of sp³-hybridized carbons (Fsp3) is 0.267. The van der Waals surface area contributed by atoms with Crippen molar-refractivity contribution >= 4 is 17.9 Å². The normalized spacial score (nSPS) is 12.3. The van der Waals surface area contributed by atoms with Crippen LogP contribution >= 0.6 is 11.6 Å². The maximum atomic E-state index is 5.96. The second kappa shape index (κ2) is 8.51. The molecule has 0 saturated carbocycles. The zero-order valence-corrected chi connectivity index (χ0v) is 11.9. The largest absolute Gasteiger partial charge is 0.368 e. The Morgan fingerprint density at radius 1 is 1.47 bits per heavy atom. The van der Waals surface area contributed by atoms with Crippen LogP contribution in [-0.2, 0) is 4.74 Å². The first-order valence-electron chi connectivity index (χ1n) is 6.02. The van der Waals surface area contributed by atoms with Gasteiger partial charge < -0.3 is 10.1 Å². The lowest BCUT2D eigenvalue weighted by Gasteiger charge is -2.17. The van der Waals surface area contributed by atoms with Crippen LogP contribution in [0, 0.1) is 6.92 Å². The number of nitrogens with zero attached hydrogens (tertiary/aromatic N) is 1. The Bertz CT molecular complexity index is 457. The third-order valence-corrected chi connectivity index (χ3v) is 2.78. The predicted octanol–water partition coefficient (Wildman–Crippen LogP) is 3.65. The van der Waals surface area contributed by atoms with Crippen molar-refractivity contribution in [1.82, 2.24) is 5.32 Å². The number of hydrogen-bond acceptors (Lipinski definition) is 2. The van der Waals surface area contributed by atoms with E-state index in [4.69, 9.17) is 16.3 Å². The summed E-state index contributed by atoms with van der Waals surface area (Å²) in [5.41, 5.74) is 2.18. The Hall–Kier alpha value is -1.58. The average Bonchev–Trinajstić information content (AvgIpc) is 2.39. The molecule has 0 fully saturated rings. The van der Waals surface area contributed by atoms with Gasteiger partial charge in [-0.25, -0.2) is 0 Å². The van der Waals surface area contributed by atoms with Gasteiger partial charge in [0.15, 0.2) is 0 Å². The number of benzene rings is 1.